The van der Waals surface area contributed by atoms with Gasteiger partial charge in [0.05, 0.1) is 0 Å². The summed E-state index contributed by atoms with van der Waals surface area (Å²) in [5.74, 6) is 1.01. The molecule has 1 fully saturated rings. The molecule has 3 rings (SSSR count). The summed E-state index contributed by atoms with van der Waals surface area (Å²) >= 11 is 0. The number of benzene rings is 1. The summed E-state index contributed by atoms with van der Waals surface area (Å²) in [6.45, 7) is 4.66. The first kappa shape index (κ1) is 23.5. The van der Waals surface area contributed by atoms with Crippen molar-refractivity contribution in [3.8, 4) is 5.75 Å². The molecule has 1 aliphatic rings. The average Bonchev–Trinajstić information content (AvgIpc) is 2.85. The van der Waals surface area contributed by atoms with Gasteiger partial charge < -0.3 is 14.5 Å². The number of piperidine rings is 1. The Morgan fingerprint density at radius 2 is 1.94 bits per heavy atom. The number of pyridine rings is 1. The topological polar surface area (TPSA) is 62.7 Å². The van der Waals surface area contributed by atoms with Crippen LogP contribution in [0.15, 0.2) is 54.9 Å². The van der Waals surface area contributed by atoms with Gasteiger partial charge in [0, 0.05) is 56.6 Å². The first-order chi connectivity index (χ1) is 15.6. The van der Waals surface area contributed by atoms with Crippen molar-refractivity contribution in [1.29, 1.82) is 0 Å². The van der Waals surface area contributed by atoms with E-state index in [1.54, 1.807) is 18.5 Å². The monoisotopic (exact) mass is 435 g/mol. The second-order valence-corrected chi connectivity index (χ2v) is 8.27. The second-order valence-electron chi connectivity index (χ2n) is 8.27. The Hall–Kier alpha value is -3.15. The number of aromatic nitrogens is 1. The number of carbonyl (C=O) groups excluding carboxylic acids is 2. The third-order valence-corrected chi connectivity index (χ3v) is 5.81. The number of unbranched alkanes of at least 4 members (excludes halogenated alkanes) is 1. The van der Waals surface area contributed by atoms with Gasteiger partial charge in [0.2, 0.25) is 11.8 Å². The zero-order chi connectivity index (χ0) is 22.8. The van der Waals surface area contributed by atoms with E-state index >= 15 is 0 Å². The Kier molecular flexibility index (Phi) is 8.84. The minimum Gasteiger partial charge on any atom is -0.489 e. The van der Waals surface area contributed by atoms with Crippen LogP contribution >= 0.6 is 0 Å². The van der Waals surface area contributed by atoms with E-state index in [1.165, 1.54) is 0 Å². The van der Waals surface area contributed by atoms with E-state index in [2.05, 4.69) is 11.9 Å². The summed E-state index contributed by atoms with van der Waals surface area (Å²) in [4.78, 5) is 32.9. The predicted octanol–water partition coefficient (Wildman–Crippen LogP) is 4.17. The predicted molar refractivity (Wildman–Crippen MR) is 126 cm³/mol. The van der Waals surface area contributed by atoms with Crippen molar-refractivity contribution in [2.75, 3.05) is 26.7 Å². The molecular weight excluding hydrogens is 402 g/mol. The number of likely N-dealkylation sites (tertiary alicyclic amines) is 1. The number of ether oxygens (including phenoxy) is 1. The Balaban J connectivity index is 1.43. The van der Waals surface area contributed by atoms with Crippen molar-refractivity contribution in [2.45, 2.75) is 39.2 Å². The van der Waals surface area contributed by atoms with Gasteiger partial charge >= 0.3 is 0 Å². The first-order valence-electron chi connectivity index (χ1n) is 11.4. The van der Waals surface area contributed by atoms with Gasteiger partial charge in [-0.15, -0.1) is 0 Å². The van der Waals surface area contributed by atoms with Gasteiger partial charge in [-0.2, -0.15) is 0 Å². The Morgan fingerprint density at radius 1 is 1.19 bits per heavy atom. The first-order valence-corrected chi connectivity index (χ1v) is 11.4. The highest BCUT2D eigenvalue weighted by Crippen LogP contribution is 2.20. The molecule has 32 heavy (non-hydrogen) atoms. The van der Waals surface area contributed by atoms with Crippen LogP contribution in [0.4, 0.5) is 0 Å². The number of carbonyl (C=O) groups is 2. The summed E-state index contributed by atoms with van der Waals surface area (Å²) in [5, 5.41) is 0. The zero-order valence-electron chi connectivity index (χ0n) is 19.1. The zero-order valence-corrected chi connectivity index (χ0v) is 19.1. The Morgan fingerprint density at radius 3 is 2.59 bits per heavy atom. The summed E-state index contributed by atoms with van der Waals surface area (Å²) in [5.41, 5.74) is 1.95. The van der Waals surface area contributed by atoms with Gasteiger partial charge in [0.1, 0.15) is 12.4 Å². The van der Waals surface area contributed by atoms with Crippen LogP contribution in [-0.2, 0) is 16.2 Å². The number of rotatable bonds is 9. The second kappa shape index (κ2) is 12.0. The number of nitrogens with zero attached hydrogens (tertiary/aromatic N) is 3. The lowest BCUT2D eigenvalue weighted by Gasteiger charge is -2.32. The van der Waals surface area contributed by atoms with Crippen LogP contribution in [0.25, 0.3) is 6.08 Å². The van der Waals surface area contributed by atoms with Crippen molar-refractivity contribution >= 4 is 17.9 Å². The summed E-state index contributed by atoms with van der Waals surface area (Å²) in [6, 6.07) is 11.5. The van der Waals surface area contributed by atoms with Gasteiger partial charge in [0.15, 0.2) is 0 Å². The van der Waals surface area contributed by atoms with Crippen LogP contribution in [0.1, 0.15) is 43.7 Å². The number of hydrogen-bond donors (Lipinski definition) is 0. The molecule has 0 bridgehead atoms. The molecule has 0 unspecified atom stereocenters. The van der Waals surface area contributed by atoms with Crippen LogP contribution in [-0.4, -0.2) is 53.3 Å². The van der Waals surface area contributed by atoms with Crippen LogP contribution in [0.3, 0.4) is 0 Å². The third kappa shape index (κ3) is 6.94. The van der Waals surface area contributed by atoms with Crippen LogP contribution in [0.2, 0.25) is 0 Å². The van der Waals surface area contributed by atoms with E-state index in [-0.39, 0.29) is 17.7 Å². The molecule has 0 spiro atoms. The summed E-state index contributed by atoms with van der Waals surface area (Å²) in [6.07, 6.45) is 10.5. The lowest BCUT2D eigenvalue weighted by molar-refractivity contribution is -0.138. The molecule has 1 aromatic heterocycles. The van der Waals surface area contributed by atoms with Crippen LogP contribution < -0.4 is 4.74 Å². The van der Waals surface area contributed by atoms with Crippen molar-refractivity contribution < 1.29 is 14.3 Å². The van der Waals surface area contributed by atoms with Gasteiger partial charge in [-0.25, -0.2) is 0 Å². The standard InChI is InChI=1S/C26H33N3O3/c1-3-4-16-28(2)26(31)23-13-17-29(18-14-23)25(30)12-9-21-7-10-24(11-8-21)32-20-22-6-5-15-27-19-22/h5-12,15,19,23H,3-4,13-14,16-18,20H2,1-2H3/b12-9+. The molecule has 1 saturated heterocycles. The molecule has 0 N–H and O–H groups in total. The molecule has 0 aliphatic carbocycles. The third-order valence-electron chi connectivity index (χ3n) is 5.81. The van der Waals surface area contributed by atoms with Crippen LogP contribution in [0.5, 0.6) is 5.75 Å². The summed E-state index contributed by atoms with van der Waals surface area (Å²) in [7, 11) is 1.88. The summed E-state index contributed by atoms with van der Waals surface area (Å²) < 4.78 is 5.77. The normalized spacial score (nSPS) is 14.5. The van der Waals surface area contributed by atoms with Gasteiger partial charge in [0.25, 0.3) is 0 Å². The fourth-order valence-corrected chi connectivity index (χ4v) is 3.76. The molecule has 6 heteroatoms. The van der Waals surface area contributed by atoms with Crippen molar-refractivity contribution in [3.63, 3.8) is 0 Å². The van der Waals surface area contributed by atoms with Crippen molar-refractivity contribution in [3.05, 3.63) is 66.0 Å². The fourth-order valence-electron chi connectivity index (χ4n) is 3.76. The maximum absolute atomic E-state index is 12.6. The largest absolute Gasteiger partial charge is 0.489 e. The number of amides is 2. The maximum atomic E-state index is 12.6. The molecule has 6 nitrogen and oxygen atoms in total. The van der Waals surface area contributed by atoms with E-state index in [0.29, 0.717) is 19.7 Å². The molecule has 170 valence electrons. The SMILES string of the molecule is CCCCN(C)C(=O)C1CCN(C(=O)/C=C/c2ccc(OCc3cccnc3)cc2)CC1. The average molecular weight is 436 g/mol. The lowest BCUT2D eigenvalue weighted by atomic mass is 9.95. The number of hydrogen-bond acceptors (Lipinski definition) is 4. The Labute approximate surface area is 190 Å². The molecule has 1 aromatic carbocycles. The smallest absolute Gasteiger partial charge is 0.246 e. The van der Waals surface area contributed by atoms with Gasteiger partial charge in [-0.3, -0.25) is 14.6 Å². The Bertz CT molecular complexity index is 888. The van der Waals surface area contributed by atoms with E-state index in [0.717, 1.165) is 49.1 Å². The lowest BCUT2D eigenvalue weighted by Crippen LogP contribution is -2.43. The molecule has 2 aromatic rings. The molecule has 0 atom stereocenters. The van der Waals surface area contributed by atoms with Crippen molar-refractivity contribution in [2.24, 2.45) is 5.92 Å². The molecule has 2 heterocycles. The minimum atomic E-state index is -0.00728. The highest BCUT2D eigenvalue weighted by molar-refractivity contribution is 5.92. The molecular formula is C26H33N3O3. The molecule has 2 amide bonds. The highest BCUT2D eigenvalue weighted by atomic mass is 16.5. The van der Waals surface area contributed by atoms with E-state index in [4.69, 9.17) is 4.74 Å². The van der Waals surface area contributed by atoms with Gasteiger partial charge in [-0.1, -0.05) is 31.5 Å². The quantitative estimate of drug-likeness (QED) is 0.555. The van der Waals surface area contributed by atoms with Crippen LogP contribution in [0, 0.1) is 5.92 Å². The molecule has 0 saturated carbocycles. The minimum absolute atomic E-state index is 0.00728. The fraction of sp³-hybridized carbons (Fsp3) is 0.423. The van der Waals surface area contributed by atoms with Gasteiger partial charge in [-0.05, 0) is 49.1 Å². The molecule has 1 aliphatic heterocycles. The van der Waals surface area contributed by atoms with E-state index in [1.807, 2.05) is 59.3 Å². The molecule has 0 radical (unpaired) electrons. The highest BCUT2D eigenvalue weighted by Gasteiger charge is 2.28. The van der Waals surface area contributed by atoms with E-state index in [9.17, 15) is 9.59 Å². The van der Waals surface area contributed by atoms with E-state index < -0.39 is 0 Å². The maximum Gasteiger partial charge on any atom is 0.246 e. The van der Waals surface area contributed by atoms with Crippen molar-refractivity contribution in [1.82, 2.24) is 14.8 Å².